The molecule has 3 N–H and O–H groups in total. The lowest BCUT2D eigenvalue weighted by molar-refractivity contribution is -0.291. The van der Waals surface area contributed by atoms with E-state index in [0.29, 0.717) is 6.61 Å². The summed E-state index contributed by atoms with van der Waals surface area (Å²) in [7, 11) is 0. The summed E-state index contributed by atoms with van der Waals surface area (Å²) in [4.78, 5) is 0. The van der Waals surface area contributed by atoms with Gasteiger partial charge in [-0.25, -0.2) is 0 Å². The molecule has 0 spiro atoms. The Kier molecular flexibility index (Phi) is 3.63. The van der Waals surface area contributed by atoms with Gasteiger partial charge in [-0.3, -0.25) is 0 Å². The summed E-state index contributed by atoms with van der Waals surface area (Å²) in [5.74, 6) is 0. The van der Waals surface area contributed by atoms with E-state index in [-0.39, 0.29) is 0 Å². The summed E-state index contributed by atoms with van der Waals surface area (Å²) in [6, 6.07) is 0. The Morgan fingerprint density at radius 3 is 2.31 bits per heavy atom. The number of hydrogen-bond donors (Lipinski definition) is 3. The van der Waals surface area contributed by atoms with Crippen molar-refractivity contribution < 1.29 is 24.8 Å². The zero-order valence-corrected chi connectivity index (χ0v) is 7.75. The lowest BCUT2D eigenvalue weighted by atomic mass is 10.0. The molecule has 5 atom stereocenters. The van der Waals surface area contributed by atoms with Crippen LogP contribution in [0.5, 0.6) is 0 Å². The molecular formula is C8H16O5. The van der Waals surface area contributed by atoms with Crippen molar-refractivity contribution in [1.82, 2.24) is 0 Å². The third kappa shape index (κ3) is 2.18. The predicted molar refractivity (Wildman–Crippen MR) is 44.0 cm³/mol. The summed E-state index contributed by atoms with van der Waals surface area (Å²) in [5.41, 5.74) is 0. The molecule has 0 amide bonds. The minimum absolute atomic E-state index is 0.386. The average molecular weight is 192 g/mol. The van der Waals surface area contributed by atoms with Gasteiger partial charge in [-0.15, -0.1) is 0 Å². The van der Waals surface area contributed by atoms with Gasteiger partial charge in [0.1, 0.15) is 18.3 Å². The molecule has 0 unspecified atom stereocenters. The molecule has 0 bridgehead atoms. The number of hydrogen-bond acceptors (Lipinski definition) is 5. The third-order valence-corrected chi connectivity index (χ3v) is 2.14. The normalized spacial score (nSPS) is 46.4. The van der Waals surface area contributed by atoms with Crippen LogP contribution in [-0.4, -0.2) is 52.6 Å². The van der Waals surface area contributed by atoms with Crippen molar-refractivity contribution in [3.05, 3.63) is 0 Å². The van der Waals surface area contributed by atoms with Crippen LogP contribution in [0, 0.1) is 0 Å². The Morgan fingerprint density at radius 2 is 1.77 bits per heavy atom. The van der Waals surface area contributed by atoms with Gasteiger partial charge in [0.05, 0.1) is 6.10 Å². The molecule has 78 valence electrons. The second kappa shape index (κ2) is 4.34. The van der Waals surface area contributed by atoms with Gasteiger partial charge in [-0.1, -0.05) is 0 Å². The first-order valence-electron chi connectivity index (χ1n) is 4.39. The van der Waals surface area contributed by atoms with Gasteiger partial charge in [0.15, 0.2) is 6.29 Å². The highest BCUT2D eigenvalue weighted by Gasteiger charge is 2.42. The molecular weight excluding hydrogens is 176 g/mol. The van der Waals surface area contributed by atoms with Crippen LogP contribution < -0.4 is 0 Å². The molecule has 13 heavy (non-hydrogen) atoms. The Labute approximate surface area is 76.9 Å². The Morgan fingerprint density at radius 1 is 1.15 bits per heavy atom. The van der Waals surface area contributed by atoms with E-state index in [1.165, 1.54) is 0 Å². The molecule has 1 heterocycles. The molecule has 1 rings (SSSR count). The van der Waals surface area contributed by atoms with E-state index >= 15 is 0 Å². The predicted octanol–water partition coefficient (Wildman–Crippen LogP) is -1.15. The van der Waals surface area contributed by atoms with E-state index in [1.54, 1.807) is 13.8 Å². The second-order valence-corrected chi connectivity index (χ2v) is 3.14. The smallest absolute Gasteiger partial charge is 0.186 e. The zero-order chi connectivity index (χ0) is 10.0. The standard InChI is InChI=1S/C8H16O5/c1-3-12-8-7(11)6(10)5(9)4(2)13-8/h4-11H,3H2,1-2H3/t4-,5+,6+,7-,8-/m1/s1. The summed E-state index contributed by atoms with van der Waals surface area (Å²) in [6.45, 7) is 3.77. The van der Waals surface area contributed by atoms with Gasteiger partial charge in [0.2, 0.25) is 0 Å². The molecule has 1 saturated heterocycles. The van der Waals surface area contributed by atoms with E-state index in [2.05, 4.69) is 0 Å². The molecule has 1 aliphatic rings. The Balaban J connectivity index is 2.59. The zero-order valence-electron chi connectivity index (χ0n) is 7.75. The van der Waals surface area contributed by atoms with Crippen LogP contribution in [-0.2, 0) is 9.47 Å². The number of aliphatic hydroxyl groups is 3. The van der Waals surface area contributed by atoms with Crippen LogP contribution in [0.3, 0.4) is 0 Å². The fourth-order valence-corrected chi connectivity index (χ4v) is 1.32. The molecule has 0 aliphatic carbocycles. The van der Waals surface area contributed by atoms with Gasteiger partial charge in [0, 0.05) is 6.61 Å². The number of aliphatic hydroxyl groups excluding tert-OH is 3. The highest BCUT2D eigenvalue weighted by molar-refractivity contribution is 4.86. The van der Waals surface area contributed by atoms with Crippen LogP contribution in [0.1, 0.15) is 13.8 Å². The number of rotatable bonds is 2. The fourth-order valence-electron chi connectivity index (χ4n) is 1.32. The molecule has 1 aliphatic heterocycles. The van der Waals surface area contributed by atoms with Gasteiger partial charge in [0.25, 0.3) is 0 Å². The minimum atomic E-state index is -1.21. The first kappa shape index (κ1) is 10.9. The Bertz CT molecular complexity index is 163. The summed E-state index contributed by atoms with van der Waals surface area (Å²) in [5, 5.41) is 28.1. The van der Waals surface area contributed by atoms with Crippen LogP contribution in [0.4, 0.5) is 0 Å². The van der Waals surface area contributed by atoms with Gasteiger partial charge >= 0.3 is 0 Å². The highest BCUT2D eigenvalue weighted by Crippen LogP contribution is 2.21. The summed E-state index contributed by atoms with van der Waals surface area (Å²) >= 11 is 0. The monoisotopic (exact) mass is 192 g/mol. The quantitative estimate of drug-likeness (QED) is 0.515. The Hall–Kier alpha value is -0.200. The summed E-state index contributed by atoms with van der Waals surface area (Å²) in [6.07, 6.45) is -4.84. The lowest BCUT2D eigenvalue weighted by Crippen LogP contribution is -2.57. The molecule has 1 fully saturated rings. The van der Waals surface area contributed by atoms with E-state index in [0.717, 1.165) is 0 Å². The molecule has 5 nitrogen and oxygen atoms in total. The van der Waals surface area contributed by atoms with Crippen molar-refractivity contribution in [2.75, 3.05) is 6.61 Å². The van der Waals surface area contributed by atoms with Crippen LogP contribution in [0.15, 0.2) is 0 Å². The van der Waals surface area contributed by atoms with Crippen LogP contribution in [0.25, 0.3) is 0 Å². The van der Waals surface area contributed by atoms with E-state index in [4.69, 9.17) is 9.47 Å². The van der Waals surface area contributed by atoms with E-state index in [9.17, 15) is 15.3 Å². The second-order valence-electron chi connectivity index (χ2n) is 3.14. The van der Waals surface area contributed by atoms with Crippen molar-refractivity contribution in [2.45, 2.75) is 44.6 Å². The third-order valence-electron chi connectivity index (χ3n) is 2.14. The van der Waals surface area contributed by atoms with Crippen molar-refractivity contribution in [2.24, 2.45) is 0 Å². The minimum Gasteiger partial charge on any atom is -0.388 e. The topological polar surface area (TPSA) is 79.2 Å². The maximum Gasteiger partial charge on any atom is 0.186 e. The molecule has 0 aromatic carbocycles. The molecule has 0 aromatic rings. The highest BCUT2D eigenvalue weighted by atomic mass is 16.7. The fraction of sp³-hybridized carbons (Fsp3) is 1.00. The maximum absolute atomic E-state index is 9.40. The van der Waals surface area contributed by atoms with Crippen molar-refractivity contribution in [3.8, 4) is 0 Å². The molecule has 0 aromatic heterocycles. The number of ether oxygens (including phenoxy) is 2. The lowest BCUT2D eigenvalue weighted by Gasteiger charge is -2.38. The van der Waals surface area contributed by atoms with Crippen LogP contribution >= 0.6 is 0 Å². The van der Waals surface area contributed by atoms with E-state index < -0.39 is 30.7 Å². The largest absolute Gasteiger partial charge is 0.388 e. The maximum atomic E-state index is 9.40. The molecule has 0 radical (unpaired) electrons. The van der Waals surface area contributed by atoms with Crippen molar-refractivity contribution >= 4 is 0 Å². The first-order valence-corrected chi connectivity index (χ1v) is 4.39. The van der Waals surface area contributed by atoms with Crippen LogP contribution in [0.2, 0.25) is 0 Å². The van der Waals surface area contributed by atoms with Gasteiger partial charge < -0.3 is 24.8 Å². The van der Waals surface area contributed by atoms with E-state index in [1.807, 2.05) is 0 Å². The van der Waals surface area contributed by atoms with Crippen molar-refractivity contribution in [1.29, 1.82) is 0 Å². The first-order chi connectivity index (χ1) is 6.07. The SMILES string of the molecule is CCO[C@@H]1O[C@H](C)[C@H](O)[C@H](O)[C@H]1O. The van der Waals surface area contributed by atoms with Crippen molar-refractivity contribution in [3.63, 3.8) is 0 Å². The molecule has 0 saturated carbocycles. The summed E-state index contributed by atoms with van der Waals surface area (Å²) < 4.78 is 10.2. The average Bonchev–Trinajstić information content (AvgIpc) is 2.11. The van der Waals surface area contributed by atoms with Gasteiger partial charge in [-0.2, -0.15) is 0 Å². The molecule has 5 heteroatoms. The van der Waals surface area contributed by atoms with Gasteiger partial charge in [-0.05, 0) is 13.8 Å².